The number of rotatable bonds is 6. The van der Waals surface area contributed by atoms with Crippen molar-refractivity contribution in [3.05, 3.63) is 22.3 Å². The van der Waals surface area contributed by atoms with Crippen LogP contribution < -0.4 is 10.2 Å². The number of piperidine rings is 1. The van der Waals surface area contributed by atoms with Gasteiger partial charge in [0.2, 0.25) is 0 Å². The second-order valence-corrected chi connectivity index (χ2v) is 6.91. The van der Waals surface area contributed by atoms with E-state index in [1.807, 2.05) is 13.3 Å². The van der Waals surface area contributed by atoms with Gasteiger partial charge in [0.25, 0.3) is 0 Å². The molecule has 1 aliphatic heterocycles. The van der Waals surface area contributed by atoms with Crippen molar-refractivity contribution >= 4 is 21.7 Å². The van der Waals surface area contributed by atoms with Gasteiger partial charge in [-0.15, -0.1) is 0 Å². The zero-order chi connectivity index (χ0) is 15.3. The van der Waals surface area contributed by atoms with Crippen molar-refractivity contribution in [3.8, 4) is 0 Å². The molecule has 1 unspecified atom stereocenters. The maximum Gasteiger partial charge on any atom is 0.133 e. The van der Waals surface area contributed by atoms with Crippen molar-refractivity contribution in [3.63, 3.8) is 0 Å². The maximum absolute atomic E-state index is 5.70. The van der Waals surface area contributed by atoms with E-state index in [1.54, 1.807) is 0 Å². The number of anilines is 1. The van der Waals surface area contributed by atoms with Gasteiger partial charge in [0.15, 0.2) is 0 Å². The summed E-state index contributed by atoms with van der Waals surface area (Å²) in [7, 11) is 1.81. The highest BCUT2D eigenvalue weighted by Gasteiger charge is 2.32. The molecule has 1 aromatic heterocycles. The summed E-state index contributed by atoms with van der Waals surface area (Å²) in [4.78, 5) is 7.03. The highest BCUT2D eigenvalue weighted by Crippen LogP contribution is 2.29. The molecule has 5 heteroatoms. The second-order valence-electron chi connectivity index (χ2n) is 5.99. The quantitative estimate of drug-likeness (QED) is 0.794. The molecule has 1 fully saturated rings. The van der Waals surface area contributed by atoms with Crippen LogP contribution in [-0.2, 0) is 11.3 Å². The third kappa shape index (κ3) is 4.41. The van der Waals surface area contributed by atoms with Gasteiger partial charge in [0, 0.05) is 43.0 Å². The fourth-order valence-corrected chi connectivity index (χ4v) is 3.22. The molecule has 1 saturated heterocycles. The number of aromatic nitrogens is 1. The lowest BCUT2D eigenvalue weighted by Crippen LogP contribution is -2.48. The van der Waals surface area contributed by atoms with Crippen molar-refractivity contribution in [1.82, 2.24) is 10.3 Å². The van der Waals surface area contributed by atoms with Crippen LogP contribution in [0.4, 0.5) is 5.82 Å². The largest absolute Gasteiger partial charge is 0.377 e. The molecule has 2 heterocycles. The first-order valence-corrected chi connectivity index (χ1v) is 8.52. The molecule has 118 valence electrons. The topological polar surface area (TPSA) is 37.4 Å². The van der Waals surface area contributed by atoms with Crippen molar-refractivity contribution in [2.24, 2.45) is 0 Å². The van der Waals surface area contributed by atoms with Crippen molar-refractivity contribution in [2.45, 2.75) is 45.3 Å². The van der Waals surface area contributed by atoms with Crippen molar-refractivity contribution in [2.75, 3.05) is 31.6 Å². The van der Waals surface area contributed by atoms with E-state index in [4.69, 9.17) is 4.74 Å². The second kappa shape index (κ2) is 7.56. The van der Waals surface area contributed by atoms with Gasteiger partial charge in [-0.25, -0.2) is 4.98 Å². The molecular weight excluding hydrogens is 330 g/mol. The summed E-state index contributed by atoms with van der Waals surface area (Å²) in [6, 6.07) is 2.17. The SMILES string of the molecule is CCCNCc1cc(Br)cnc1N1CCCC(C)(OC)C1. The molecule has 0 spiro atoms. The minimum Gasteiger partial charge on any atom is -0.377 e. The predicted molar refractivity (Wildman–Crippen MR) is 90.8 cm³/mol. The van der Waals surface area contributed by atoms with Crippen LogP contribution in [0.5, 0.6) is 0 Å². The first kappa shape index (κ1) is 16.7. The Morgan fingerprint density at radius 2 is 2.33 bits per heavy atom. The molecule has 0 aliphatic carbocycles. The van der Waals surface area contributed by atoms with Gasteiger partial charge < -0.3 is 15.0 Å². The van der Waals surface area contributed by atoms with E-state index in [-0.39, 0.29) is 5.60 Å². The molecule has 1 aliphatic rings. The molecule has 0 amide bonds. The normalized spacial score (nSPS) is 22.6. The first-order chi connectivity index (χ1) is 10.1. The molecule has 0 radical (unpaired) electrons. The molecule has 0 bridgehead atoms. The van der Waals surface area contributed by atoms with E-state index in [9.17, 15) is 0 Å². The monoisotopic (exact) mass is 355 g/mol. The van der Waals surface area contributed by atoms with Crippen LogP contribution in [0.2, 0.25) is 0 Å². The zero-order valence-electron chi connectivity index (χ0n) is 13.3. The van der Waals surface area contributed by atoms with Crippen LogP contribution in [0.25, 0.3) is 0 Å². The average Bonchev–Trinajstić information content (AvgIpc) is 2.48. The number of nitrogens with one attached hydrogen (secondary N) is 1. The molecule has 1 atom stereocenters. The standard InChI is InChI=1S/C16H26BrN3O/c1-4-7-18-10-13-9-14(17)11-19-15(13)20-8-5-6-16(2,12-20)21-3/h9,11,18H,4-8,10,12H2,1-3H3. The van der Waals surface area contributed by atoms with E-state index in [2.05, 4.69) is 51.0 Å². The number of pyridine rings is 1. The fourth-order valence-electron chi connectivity index (χ4n) is 2.84. The minimum absolute atomic E-state index is 0.0683. The number of hydrogen-bond donors (Lipinski definition) is 1. The van der Waals surface area contributed by atoms with Gasteiger partial charge >= 0.3 is 0 Å². The van der Waals surface area contributed by atoms with Crippen LogP contribution in [0, 0.1) is 0 Å². The molecule has 1 aromatic rings. The number of halogens is 1. The van der Waals surface area contributed by atoms with Crippen LogP contribution in [0.1, 0.15) is 38.7 Å². The van der Waals surface area contributed by atoms with E-state index in [0.717, 1.165) is 55.7 Å². The Hall–Kier alpha value is -0.650. The van der Waals surface area contributed by atoms with E-state index < -0.39 is 0 Å². The Balaban J connectivity index is 2.17. The summed E-state index contributed by atoms with van der Waals surface area (Å²) >= 11 is 3.53. The van der Waals surface area contributed by atoms with Crippen LogP contribution in [0.15, 0.2) is 16.7 Å². The van der Waals surface area contributed by atoms with Gasteiger partial charge in [0.05, 0.1) is 5.60 Å². The van der Waals surface area contributed by atoms with Crippen LogP contribution in [-0.4, -0.2) is 37.3 Å². The minimum atomic E-state index is -0.0683. The lowest BCUT2D eigenvalue weighted by atomic mass is 9.94. The van der Waals surface area contributed by atoms with E-state index in [1.165, 1.54) is 5.56 Å². The number of ether oxygens (including phenoxy) is 1. The van der Waals surface area contributed by atoms with Gasteiger partial charge in [-0.05, 0) is 54.7 Å². The summed E-state index contributed by atoms with van der Waals surface area (Å²) < 4.78 is 6.73. The van der Waals surface area contributed by atoms with E-state index in [0.29, 0.717) is 0 Å². The Labute approximate surface area is 136 Å². The lowest BCUT2D eigenvalue weighted by molar-refractivity contribution is -0.00484. The van der Waals surface area contributed by atoms with Gasteiger partial charge in [-0.2, -0.15) is 0 Å². The van der Waals surface area contributed by atoms with Crippen molar-refractivity contribution < 1.29 is 4.74 Å². The average molecular weight is 356 g/mol. The molecule has 4 nitrogen and oxygen atoms in total. The summed E-state index contributed by atoms with van der Waals surface area (Å²) in [5.41, 5.74) is 1.18. The molecule has 0 aromatic carbocycles. The van der Waals surface area contributed by atoms with Gasteiger partial charge in [-0.3, -0.25) is 0 Å². The fraction of sp³-hybridized carbons (Fsp3) is 0.688. The van der Waals surface area contributed by atoms with Gasteiger partial charge in [0.1, 0.15) is 5.82 Å². The third-order valence-electron chi connectivity index (χ3n) is 4.10. The first-order valence-electron chi connectivity index (χ1n) is 7.73. The number of hydrogen-bond acceptors (Lipinski definition) is 4. The number of nitrogens with zero attached hydrogens (tertiary/aromatic N) is 2. The van der Waals surface area contributed by atoms with Crippen molar-refractivity contribution in [1.29, 1.82) is 0 Å². The summed E-state index contributed by atoms with van der Waals surface area (Å²) in [5, 5.41) is 3.47. The molecular formula is C16H26BrN3O. The summed E-state index contributed by atoms with van der Waals surface area (Å²) in [6.45, 7) is 8.21. The summed E-state index contributed by atoms with van der Waals surface area (Å²) in [5.74, 6) is 1.09. The summed E-state index contributed by atoms with van der Waals surface area (Å²) in [6.07, 6.45) is 5.28. The Bertz CT molecular complexity index is 469. The molecule has 21 heavy (non-hydrogen) atoms. The Morgan fingerprint density at radius 3 is 3.05 bits per heavy atom. The lowest BCUT2D eigenvalue weighted by Gasteiger charge is -2.40. The van der Waals surface area contributed by atoms with Gasteiger partial charge in [-0.1, -0.05) is 6.92 Å². The Morgan fingerprint density at radius 1 is 1.52 bits per heavy atom. The molecule has 1 N–H and O–H groups in total. The van der Waals surface area contributed by atoms with E-state index >= 15 is 0 Å². The maximum atomic E-state index is 5.70. The number of methoxy groups -OCH3 is 1. The highest BCUT2D eigenvalue weighted by molar-refractivity contribution is 9.10. The zero-order valence-corrected chi connectivity index (χ0v) is 14.9. The third-order valence-corrected chi connectivity index (χ3v) is 4.54. The highest BCUT2D eigenvalue weighted by atomic mass is 79.9. The van der Waals surface area contributed by atoms with Crippen LogP contribution in [0.3, 0.4) is 0 Å². The van der Waals surface area contributed by atoms with Crippen LogP contribution >= 0.6 is 15.9 Å². The molecule has 2 rings (SSSR count). The smallest absolute Gasteiger partial charge is 0.133 e. The predicted octanol–water partition coefficient (Wildman–Crippen LogP) is 3.35. The Kier molecular flexibility index (Phi) is 6.02. The molecule has 0 saturated carbocycles.